The van der Waals surface area contributed by atoms with Crippen molar-refractivity contribution in [1.29, 1.82) is 0 Å². The molecule has 7 heteroatoms. The molecule has 1 aliphatic rings. The van der Waals surface area contributed by atoms with Crippen LogP contribution in [0.4, 0.5) is 0 Å². The average molecular weight is 437 g/mol. The maximum absolute atomic E-state index is 13.4. The molecule has 0 amide bonds. The molecule has 2 heterocycles. The Bertz CT molecular complexity index is 1400. The topological polar surface area (TPSA) is 61.1 Å². The van der Waals surface area contributed by atoms with Crippen molar-refractivity contribution in [2.45, 2.75) is 25.8 Å². The highest BCUT2D eigenvalue weighted by Crippen LogP contribution is 2.35. The molecule has 0 spiro atoms. The van der Waals surface area contributed by atoms with Gasteiger partial charge in [-0.1, -0.05) is 41.9 Å². The molecule has 5 rings (SSSR count). The summed E-state index contributed by atoms with van der Waals surface area (Å²) in [6.07, 6.45) is 2.71. The van der Waals surface area contributed by atoms with Gasteiger partial charge in [0.15, 0.2) is 5.78 Å². The quantitative estimate of drug-likeness (QED) is 0.449. The van der Waals surface area contributed by atoms with Crippen LogP contribution in [0.2, 0.25) is 5.02 Å². The third-order valence-corrected chi connectivity index (χ3v) is 7.04. The van der Waals surface area contributed by atoms with Gasteiger partial charge in [-0.2, -0.15) is 0 Å². The van der Waals surface area contributed by atoms with Gasteiger partial charge in [0.25, 0.3) is 5.56 Å². The Kier molecular flexibility index (Phi) is 4.68. The van der Waals surface area contributed by atoms with Crippen LogP contribution in [-0.2, 0) is 19.4 Å². The number of aromatic nitrogens is 2. The molecule has 0 saturated heterocycles. The number of hydrogen-bond acceptors (Lipinski definition) is 4. The molecule has 5 nitrogen and oxygen atoms in total. The van der Waals surface area contributed by atoms with Crippen LogP contribution in [0.1, 0.15) is 27.2 Å². The Morgan fingerprint density at radius 3 is 2.47 bits per heavy atom. The molecule has 0 unspecified atom stereocenters. The number of hydrogen-bond donors (Lipinski definition) is 0. The maximum Gasteiger partial charge on any atom is 0.337 e. The minimum atomic E-state index is -0.515. The van der Waals surface area contributed by atoms with Gasteiger partial charge < -0.3 is 0 Å². The van der Waals surface area contributed by atoms with E-state index < -0.39 is 5.69 Å². The van der Waals surface area contributed by atoms with Gasteiger partial charge in [-0.15, -0.1) is 11.3 Å². The van der Waals surface area contributed by atoms with Crippen molar-refractivity contribution < 1.29 is 4.79 Å². The summed E-state index contributed by atoms with van der Waals surface area (Å²) in [5.74, 6) is -0.172. The number of halogens is 1. The molecule has 2 aromatic carbocycles. The zero-order valence-corrected chi connectivity index (χ0v) is 17.5. The molecule has 2 aromatic heterocycles. The minimum absolute atomic E-state index is 0.118. The van der Waals surface area contributed by atoms with E-state index in [1.807, 2.05) is 6.07 Å². The number of carbonyl (C=O) groups excluding carboxylic acids is 1. The van der Waals surface area contributed by atoms with Crippen molar-refractivity contribution in [3.8, 4) is 5.69 Å². The van der Waals surface area contributed by atoms with E-state index in [9.17, 15) is 14.4 Å². The molecule has 0 bridgehead atoms. The van der Waals surface area contributed by atoms with E-state index >= 15 is 0 Å². The molecule has 0 radical (unpaired) electrons. The van der Waals surface area contributed by atoms with E-state index in [0.717, 1.165) is 34.3 Å². The highest BCUT2D eigenvalue weighted by Gasteiger charge is 2.26. The van der Waals surface area contributed by atoms with Gasteiger partial charge >= 0.3 is 5.69 Å². The summed E-state index contributed by atoms with van der Waals surface area (Å²) in [4.78, 5) is 41.5. The molecule has 0 saturated carbocycles. The fourth-order valence-corrected chi connectivity index (χ4v) is 5.52. The standard InChI is InChI=1S/C23H17ClN2O3S/c24-15-9-11-16(12-10-15)26-21(28)20-17-7-4-8-19(17)30-22(20)25(23(26)29)13-18(27)14-5-2-1-3-6-14/h1-3,5-6,9-12H,4,7-8,13H2. The lowest BCUT2D eigenvalue weighted by molar-refractivity contribution is 0.0972. The Balaban J connectivity index is 1.77. The number of fused-ring (bicyclic) bond motifs is 3. The molecule has 1 aliphatic carbocycles. The zero-order chi connectivity index (χ0) is 20.8. The smallest absolute Gasteiger partial charge is 0.292 e. The van der Waals surface area contributed by atoms with Crippen LogP contribution in [0, 0.1) is 0 Å². The molecular formula is C23H17ClN2O3S. The lowest BCUT2D eigenvalue weighted by atomic mass is 10.1. The number of ketones is 1. The van der Waals surface area contributed by atoms with Gasteiger partial charge in [0.05, 0.1) is 17.6 Å². The second-order valence-electron chi connectivity index (χ2n) is 7.31. The first kappa shape index (κ1) is 19.0. The monoisotopic (exact) mass is 436 g/mol. The van der Waals surface area contributed by atoms with Crippen molar-refractivity contribution in [1.82, 2.24) is 9.13 Å². The van der Waals surface area contributed by atoms with Gasteiger partial charge in [0.1, 0.15) is 4.83 Å². The van der Waals surface area contributed by atoms with Crippen molar-refractivity contribution in [3.63, 3.8) is 0 Å². The summed E-state index contributed by atoms with van der Waals surface area (Å²) < 4.78 is 2.60. The summed E-state index contributed by atoms with van der Waals surface area (Å²) in [7, 11) is 0. The number of benzene rings is 2. The maximum atomic E-state index is 13.4. The van der Waals surface area contributed by atoms with Crippen molar-refractivity contribution >= 4 is 38.9 Å². The highest BCUT2D eigenvalue weighted by atomic mass is 35.5. The number of thiophene rings is 1. The molecule has 4 aromatic rings. The van der Waals surface area contributed by atoms with Crippen LogP contribution in [0.15, 0.2) is 64.2 Å². The summed E-state index contributed by atoms with van der Waals surface area (Å²) in [6.45, 7) is -0.118. The molecule has 0 N–H and O–H groups in total. The minimum Gasteiger partial charge on any atom is -0.292 e. The van der Waals surface area contributed by atoms with Crippen LogP contribution in [0.3, 0.4) is 0 Å². The molecule has 30 heavy (non-hydrogen) atoms. The van der Waals surface area contributed by atoms with E-state index in [1.54, 1.807) is 48.5 Å². The fourth-order valence-electron chi connectivity index (χ4n) is 4.02. The average Bonchev–Trinajstić information content (AvgIpc) is 3.34. The van der Waals surface area contributed by atoms with Gasteiger partial charge in [-0.25, -0.2) is 9.36 Å². The number of nitrogens with zero attached hydrogens (tertiary/aromatic N) is 2. The zero-order valence-electron chi connectivity index (χ0n) is 15.9. The Hall–Kier alpha value is -2.96. The number of rotatable bonds is 4. The van der Waals surface area contributed by atoms with Gasteiger partial charge in [0.2, 0.25) is 0 Å². The van der Waals surface area contributed by atoms with Crippen molar-refractivity contribution in [2.75, 3.05) is 0 Å². The Labute approximate surface area is 180 Å². The molecule has 150 valence electrons. The summed E-state index contributed by atoms with van der Waals surface area (Å²) in [5, 5.41) is 1.08. The number of carbonyl (C=O) groups is 1. The summed E-state index contributed by atoms with van der Waals surface area (Å²) in [6, 6.07) is 15.5. The number of aryl methyl sites for hydroxylation is 2. The molecule has 0 atom stereocenters. The van der Waals surface area contributed by atoms with E-state index in [4.69, 9.17) is 11.6 Å². The number of Topliss-reactive ketones (excluding diaryl/α,β-unsaturated/α-hetero) is 1. The van der Waals surface area contributed by atoms with E-state index in [-0.39, 0.29) is 17.9 Å². The molecule has 0 fully saturated rings. The SMILES string of the molecule is O=C(Cn1c(=O)n(-c2ccc(Cl)cc2)c(=O)c2c3c(sc21)CCC3)c1ccccc1. The Morgan fingerprint density at radius 2 is 1.73 bits per heavy atom. The van der Waals surface area contributed by atoms with Crippen molar-refractivity contribution in [2.24, 2.45) is 0 Å². The third-order valence-electron chi connectivity index (χ3n) is 5.47. The summed E-state index contributed by atoms with van der Waals surface area (Å²) >= 11 is 7.45. The van der Waals surface area contributed by atoms with Gasteiger partial charge in [-0.3, -0.25) is 14.2 Å². The first-order valence-corrected chi connectivity index (χ1v) is 10.9. The lowest BCUT2D eigenvalue weighted by Crippen LogP contribution is -2.39. The van der Waals surface area contributed by atoms with Crippen LogP contribution < -0.4 is 11.2 Å². The predicted molar refractivity (Wildman–Crippen MR) is 119 cm³/mol. The lowest BCUT2D eigenvalue weighted by Gasteiger charge is -2.12. The van der Waals surface area contributed by atoms with E-state index in [2.05, 4.69) is 0 Å². The Morgan fingerprint density at radius 1 is 1.00 bits per heavy atom. The van der Waals surface area contributed by atoms with Gasteiger partial charge in [0, 0.05) is 15.5 Å². The van der Waals surface area contributed by atoms with Gasteiger partial charge in [-0.05, 0) is 49.1 Å². The molecule has 0 aliphatic heterocycles. The van der Waals surface area contributed by atoms with Crippen LogP contribution in [0.25, 0.3) is 15.9 Å². The second-order valence-corrected chi connectivity index (χ2v) is 8.83. The normalized spacial score (nSPS) is 13.0. The fraction of sp³-hybridized carbons (Fsp3) is 0.174. The third kappa shape index (κ3) is 3.04. The predicted octanol–water partition coefficient (Wildman–Crippen LogP) is 4.24. The summed E-state index contributed by atoms with van der Waals surface area (Å²) in [5.41, 5.74) is 1.14. The second kappa shape index (κ2) is 7.38. The van der Waals surface area contributed by atoms with E-state index in [1.165, 1.54) is 15.9 Å². The first-order valence-electron chi connectivity index (χ1n) is 9.69. The molecular weight excluding hydrogens is 420 g/mol. The van der Waals surface area contributed by atoms with E-state index in [0.29, 0.717) is 26.5 Å². The largest absolute Gasteiger partial charge is 0.337 e. The van der Waals surface area contributed by atoms with Crippen LogP contribution in [0.5, 0.6) is 0 Å². The van der Waals surface area contributed by atoms with Crippen molar-refractivity contribution in [3.05, 3.63) is 96.5 Å². The van der Waals surface area contributed by atoms with Crippen LogP contribution in [-0.4, -0.2) is 14.9 Å². The van der Waals surface area contributed by atoms with Crippen LogP contribution >= 0.6 is 22.9 Å². The highest BCUT2D eigenvalue weighted by molar-refractivity contribution is 7.19. The first-order chi connectivity index (χ1) is 14.5.